The molecule has 76 valence electrons. The Morgan fingerprint density at radius 3 is 2.31 bits per heavy atom. The van der Waals surface area contributed by atoms with Crippen LogP contribution in [0.5, 0.6) is 0 Å². The summed E-state index contributed by atoms with van der Waals surface area (Å²) in [5.74, 6) is 0.919. The zero-order valence-electron chi connectivity index (χ0n) is 8.58. The van der Waals surface area contributed by atoms with Crippen molar-refractivity contribution in [3.05, 3.63) is 0 Å². The van der Waals surface area contributed by atoms with Crippen molar-refractivity contribution in [2.45, 2.75) is 51.2 Å². The zero-order valence-corrected chi connectivity index (χ0v) is 8.58. The molecule has 1 heterocycles. The van der Waals surface area contributed by atoms with Gasteiger partial charge in [-0.05, 0) is 51.1 Å². The van der Waals surface area contributed by atoms with Crippen molar-refractivity contribution >= 4 is 0 Å². The quantitative estimate of drug-likeness (QED) is 0.668. The molecule has 2 atom stereocenters. The van der Waals surface area contributed by atoms with E-state index in [0.717, 1.165) is 18.8 Å². The first-order chi connectivity index (χ1) is 6.25. The fraction of sp³-hybridized carbons (Fsp3) is 1.00. The van der Waals surface area contributed by atoms with Gasteiger partial charge in [0.25, 0.3) is 0 Å². The van der Waals surface area contributed by atoms with E-state index in [0.29, 0.717) is 6.04 Å². The molecule has 1 aliphatic carbocycles. The molecule has 1 N–H and O–H groups in total. The average Bonchev–Trinajstić information content (AvgIpc) is 2.53. The summed E-state index contributed by atoms with van der Waals surface area (Å²) >= 11 is 0. The first-order valence-electron chi connectivity index (χ1n) is 5.68. The Bertz CT molecular complexity index is 163. The van der Waals surface area contributed by atoms with Gasteiger partial charge >= 0.3 is 0 Å². The van der Waals surface area contributed by atoms with Gasteiger partial charge < -0.3 is 10.0 Å². The van der Waals surface area contributed by atoms with E-state index in [1.54, 1.807) is 0 Å². The van der Waals surface area contributed by atoms with E-state index in [1.165, 1.54) is 32.4 Å². The monoisotopic (exact) mass is 183 g/mol. The maximum absolute atomic E-state index is 9.46. The van der Waals surface area contributed by atoms with Gasteiger partial charge in [0.15, 0.2) is 0 Å². The van der Waals surface area contributed by atoms with E-state index in [1.807, 2.05) is 0 Å². The number of likely N-dealkylation sites (tertiary alicyclic amines) is 1. The lowest BCUT2D eigenvalue weighted by Gasteiger charge is -2.34. The molecule has 1 saturated carbocycles. The highest BCUT2D eigenvalue weighted by Crippen LogP contribution is 2.27. The Labute approximate surface area is 80.9 Å². The van der Waals surface area contributed by atoms with Crippen molar-refractivity contribution < 1.29 is 5.11 Å². The molecule has 1 saturated heterocycles. The Kier molecular flexibility index (Phi) is 2.89. The lowest BCUT2D eigenvalue weighted by atomic mass is 9.97. The molecule has 2 fully saturated rings. The predicted molar refractivity (Wildman–Crippen MR) is 53.6 cm³/mol. The number of aliphatic hydroxyl groups excluding tert-OH is 1. The minimum absolute atomic E-state index is 0.00986. The Hall–Kier alpha value is -0.0800. The third-order valence-corrected chi connectivity index (χ3v) is 3.71. The third kappa shape index (κ3) is 2.23. The van der Waals surface area contributed by atoms with Gasteiger partial charge in [-0.2, -0.15) is 0 Å². The summed E-state index contributed by atoms with van der Waals surface area (Å²) in [7, 11) is 0. The molecule has 2 nitrogen and oxygen atoms in total. The van der Waals surface area contributed by atoms with Gasteiger partial charge in [-0.3, -0.25) is 0 Å². The molecule has 0 aromatic carbocycles. The summed E-state index contributed by atoms with van der Waals surface area (Å²) in [5, 5.41) is 9.46. The van der Waals surface area contributed by atoms with Crippen molar-refractivity contribution in [2.24, 2.45) is 5.92 Å². The molecule has 13 heavy (non-hydrogen) atoms. The van der Waals surface area contributed by atoms with Gasteiger partial charge in [0.1, 0.15) is 0 Å². The van der Waals surface area contributed by atoms with Crippen LogP contribution in [0.15, 0.2) is 0 Å². The van der Waals surface area contributed by atoms with Gasteiger partial charge in [0, 0.05) is 6.04 Å². The van der Waals surface area contributed by atoms with Crippen molar-refractivity contribution in [1.82, 2.24) is 4.90 Å². The van der Waals surface area contributed by atoms with Gasteiger partial charge in [0.2, 0.25) is 0 Å². The number of nitrogens with zero attached hydrogens (tertiary/aromatic N) is 1. The van der Waals surface area contributed by atoms with Crippen LogP contribution in [0.4, 0.5) is 0 Å². The molecule has 1 aliphatic heterocycles. The third-order valence-electron chi connectivity index (χ3n) is 3.71. The van der Waals surface area contributed by atoms with Gasteiger partial charge in [-0.15, -0.1) is 0 Å². The summed E-state index contributed by atoms with van der Waals surface area (Å²) in [5.41, 5.74) is 0. The van der Waals surface area contributed by atoms with Crippen LogP contribution in [0.3, 0.4) is 0 Å². The molecule has 0 radical (unpaired) electrons. The van der Waals surface area contributed by atoms with E-state index in [4.69, 9.17) is 0 Å². The largest absolute Gasteiger partial charge is 0.393 e. The predicted octanol–water partition coefficient (Wildman–Crippen LogP) is 1.63. The van der Waals surface area contributed by atoms with E-state index in [2.05, 4.69) is 11.8 Å². The first-order valence-corrected chi connectivity index (χ1v) is 5.68. The highest BCUT2D eigenvalue weighted by Gasteiger charge is 2.29. The first kappa shape index (κ1) is 9.47. The van der Waals surface area contributed by atoms with E-state index < -0.39 is 0 Å². The topological polar surface area (TPSA) is 23.5 Å². The lowest BCUT2D eigenvalue weighted by molar-refractivity contribution is 0.120. The Balaban J connectivity index is 1.81. The maximum Gasteiger partial charge on any atom is 0.0555 e. The van der Waals surface area contributed by atoms with Crippen molar-refractivity contribution in [3.63, 3.8) is 0 Å². The number of hydrogen-bond donors (Lipinski definition) is 1. The lowest BCUT2D eigenvalue weighted by Crippen LogP contribution is -2.39. The SMILES string of the molecule is CC1CCN(C2CCC(O)C2)CC1. The number of piperidine rings is 1. The van der Waals surface area contributed by atoms with Crippen LogP contribution in [0.25, 0.3) is 0 Å². The maximum atomic E-state index is 9.46. The smallest absolute Gasteiger partial charge is 0.0555 e. The van der Waals surface area contributed by atoms with Crippen molar-refractivity contribution in [2.75, 3.05) is 13.1 Å². The second-order valence-electron chi connectivity index (χ2n) is 4.84. The normalized spacial score (nSPS) is 38.3. The summed E-state index contributed by atoms with van der Waals surface area (Å²) in [6.07, 6.45) is 5.96. The molecule has 2 aliphatic rings. The minimum atomic E-state index is -0.00986. The van der Waals surface area contributed by atoms with Crippen LogP contribution >= 0.6 is 0 Å². The summed E-state index contributed by atoms with van der Waals surface area (Å²) in [4.78, 5) is 2.59. The molecule has 2 rings (SSSR count). The molecule has 0 spiro atoms. The standard InChI is InChI=1S/C11H21NO/c1-9-4-6-12(7-5-9)10-2-3-11(13)8-10/h9-11,13H,2-8H2,1H3. The van der Waals surface area contributed by atoms with Gasteiger partial charge in [0.05, 0.1) is 6.10 Å². The van der Waals surface area contributed by atoms with Crippen molar-refractivity contribution in [3.8, 4) is 0 Å². The number of aliphatic hydroxyl groups is 1. The van der Waals surface area contributed by atoms with E-state index in [9.17, 15) is 5.11 Å². The highest BCUT2D eigenvalue weighted by molar-refractivity contribution is 4.84. The van der Waals surface area contributed by atoms with Gasteiger partial charge in [-0.25, -0.2) is 0 Å². The average molecular weight is 183 g/mol. The fourth-order valence-electron chi connectivity index (χ4n) is 2.66. The van der Waals surface area contributed by atoms with Gasteiger partial charge in [-0.1, -0.05) is 6.92 Å². The molecule has 0 amide bonds. The number of hydrogen-bond acceptors (Lipinski definition) is 2. The number of rotatable bonds is 1. The molecule has 0 bridgehead atoms. The summed E-state index contributed by atoms with van der Waals surface area (Å²) in [6, 6.07) is 0.697. The van der Waals surface area contributed by atoms with Crippen LogP contribution in [0.2, 0.25) is 0 Å². The molecule has 0 aromatic rings. The minimum Gasteiger partial charge on any atom is -0.393 e. The van der Waals surface area contributed by atoms with E-state index in [-0.39, 0.29) is 6.10 Å². The summed E-state index contributed by atoms with van der Waals surface area (Å²) < 4.78 is 0. The molecule has 0 aromatic heterocycles. The van der Waals surface area contributed by atoms with E-state index >= 15 is 0 Å². The molecule has 2 unspecified atom stereocenters. The second kappa shape index (κ2) is 3.97. The molecular formula is C11H21NO. The van der Waals surface area contributed by atoms with Crippen LogP contribution in [0.1, 0.15) is 39.0 Å². The second-order valence-corrected chi connectivity index (χ2v) is 4.84. The van der Waals surface area contributed by atoms with Crippen LogP contribution in [-0.2, 0) is 0 Å². The van der Waals surface area contributed by atoms with Crippen molar-refractivity contribution in [1.29, 1.82) is 0 Å². The molecular weight excluding hydrogens is 162 g/mol. The fourth-order valence-corrected chi connectivity index (χ4v) is 2.66. The van der Waals surface area contributed by atoms with Crippen LogP contribution < -0.4 is 0 Å². The molecule has 2 heteroatoms. The Morgan fingerprint density at radius 1 is 1.08 bits per heavy atom. The van der Waals surface area contributed by atoms with Crippen LogP contribution in [0, 0.1) is 5.92 Å². The zero-order chi connectivity index (χ0) is 9.26. The highest BCUT2D eigenvalue weighted by atomic mass is 16.3. The summed E-state index contributed by atoms with van der Waals surface area (Å²) in [6.45, 7) is 4.87. The Morgan fingerprint density at radius 2 is 1.77 bits per heavy atom. The van der Waals surface area contributed by atoms with Crippen LogP contribution in [-0.4, -0.2) is 35.2 Å².